The quantitative estimate of drug-likeness (QED) is 0.100. The van der Waals surface area contributed by atoms with Gasteiger partial charge in [-0.3, -0.25) is 40.5 Å². The molecular formula is C11H14N4O14-2. The van der Waals surface area contributed by atoms with E-state index in [-0.39, 0.29) is 0 Å². The number of nitro groups is 4. The molecule has 29 heavy (non-hydrogen) atoms. The summed E-state index contributed by atoms with van der Waals surface area (Å²) >= 11 is 0. The normalized spacial score (nSPS) is 11.6. The van der Waals surface area contributed by atoms with Crippen LogP contribution in [0.3, 0.4) is 0 Å². The molecule has 0 amide bonds. The zero-order valence-electron chi connectivity index (χ0n) is 14.5. The summed E-state index contributed by atoms with van der Waals surface area (Å²) in [4.78, 5) is 59.3. The van der Waals surface area contributed by atoms with E-state index >= 15 is 0 Å². The Balaban J connectivity index is 5.07. The minimum Gasteiger partial charge on any atom is -0.550 e. The van der Waals surface area contributed by atoms with Crippen LogP contribution in [0.25, 0.3) is 0 Å². The van der Waals surface area contributed by atoms with Crippen LogP contribution >= 0.6 is 0 Å². The largest absolute Gasteiger partial charge is 0.550 e. The maximum Gasteiger partial charge on any atom is 0.481 e. The van der Waals surface area contributed by atoms with E-state index in [2.05, 4.69) is 9.47 Å². The molecule has 0 unspecified atom stereocenters. The van der Waals surface area contributed by atoms with Gasteiger partial charge in [0.2, 0.25) is 0 Å². The highest BCUT2D eigenvalue weighted by Gasteiger charge is 2.57. The van der Waals surface area contributed by atoms with Gasteiger partial charge in [-0.15, -0.1) is 0 Å². The Morgan fingerprint density at radius 1 is 0.655 bits per heavy atom. The van der Waals surface area contributed by atoms with Crippen LogP contribution in [0.5, 0.6) is 0 Å². The maximum atomic E-state index is 11.0. The van der Waals surface area contributed by atoms with Crippen LogP contribution in [0.1, 0.15) is 25.7 Å². The van der Waals surface area contributed by atoms with Crippen molar-refractivity contribution < 1.29 is 49.0 Å². The molecule has 18 nitrogen and oxygen atoms in total. The van der Waals surface area contributed by atoms with Crippen LogP contribution in [0.2, 0.25) is 0 Å². The van der Waals surface area contributed by atoms with E-state index in [1.807, 2.05) is 0 Å². The third-order valence-corrected chi connectivity index (χ3v) is 3.65. The summed E-state index contributed by atoms with van der Waals surface area (Å²) in [6.45, 7) is -3.78. The minimum absolute atomic E-state index is 1.05. The van der Waals surface area contributed by atoms with Gasteiger partial charge >= 0.3 is 11.3 Å². The van der Waals surface area contributed by atoms with Crippen LogP contribution in [0.4, 0.5) is 0 Å². The average Bonchev–Trinajstić information content (AvgIpc) is 2.58. The van der Waals surface area contributed by atoms with E-state index in [1.54, 1.807) is 0 Å². The van der Waals surface area contributed by atoms with E-state index in [9.17, 15) is 60.3 Å². The van der Waals surface area contributed by atoms with Crippen molar-refractivity contribution in [3.05, 3.63) is 40.5 Å². The van der Waals surface area contributed by atoms with Gasteiger partial charge in [0, 0.05) is 24.8 Å². The molecule has 0 aromatic carbocycles. The van der Waals surface area contributed by atoms with Gasteiger partial charge in [-0.25, -0.2) is 0 Å². The van der Waals surface area contributed by atoms with E-state index in [0.29, 0.717) is 0 Å². The van der Waals surface area contributed by atoms with Crippen molar-refractivity contribution in [2.24, 2.45) is 0 Å². The number of hydrogen-bond acceptors (Lipinski definition) is 14. The summed E-state index contributed by atoms with van der Waals surface area (Å²) in [7, 11) is 0. The summed E-state index contributed by atoms with van der Waals surface area (Å²) in [6, 6.07) is 0. The first-order chi connectivity index (χ1) is 13.3. The molecule has 0 saturated carbocycles. The van der Waals surface area contributed by atoms with Crippen LogP contribution in [0.15, 0.2) is 0 Å². The lowest BCUT2D eigenvalue weighted by Gasteiger charge is -2.19. The summed E-state index contributed by atoms with van der Waals surface area (Å²) < 4.78 is 9.08. The Morgan fingerprint density at radius 2 is 0.931 bits per heavy atom. The first-order valence-corrected chi connectivity index (χ1v) is 7.45. The van der Waals surface area contributed by atoms with E-state index in [4.69, 9.17) is 0 Å². The second-order valence-electron chi connectivity index (χ2n) is 5.55. The van der Waals surface area contributed by atoms with Crippen LogP contribution in [-0.4, -0.2) is 63.0 Å². The van der Waals surface area contributed by atoms with Crippen molar-refractivity contribution in [1.29, 1.82) is 0 Å². The topological polar surface area (TPSA) is 271 Å². The van der Waals surface area contributed by atoms with Gasteiger partial charge < -0.3 is 29.3 Å². The molecule has 0 heterocycles. The second-order valence-corrected chi connectivity index (χ2v) is 5.55. The maximum absolute atomic E-state index is 11.0. The van der Waals surface area contributed by atoms with Crippen LogP contribution in [-0.2, 0) is 19.1 Å². The molecule has 0 saturated heterocycles. The molecule has 0 aliphatic carbocycles. The highest BCUT2D eigenvalue weighted by Crippen LogP contribution is 2.21. The molecule has 0 aromatic rings. The molecule has 164 valence electrons. The first kappa shape index (κ1) is 25.5. The zero-order chi connectivity index (χ0) is 22.8. The monoisotopic (exact) mass is 426 g/mol. The molecule has 0 N–H and O–H groups in total. The van der Waals surface area contributed by atoms with Gasteiger partial charge in [0.1, 0.15) is 26.5 Å². The van der Waals surface area contributed by atoms with Crippen molar-refractivity contribution in [2.45, 2.75) is 37.0 Å². The van der Waals surface area contributed by atoms with Crippen molar-refractivity contribution >= 4 is 11.9 Å². The fraction of sp³-hybridized carbons (Fsp3) is 0.818. The molecule has 0 rings (SSSR count). The highest BCUT2D eigenvalue weighted by molar-refractivity contribution is 5.64. The zero-order valence-corrected chi connectivity index (χ0v) is 14.5. The molecular weight excluding hydrogens is 412 g/mol. The van der Waals surface area contributed by atoms with Gasteiger partial charge in [-0.2, -0.15) is 0 Å². The van der Waals surface area contributed by atoms with Gasteiger partial charge in [0.05, 0.1) is 12.8 Å². The number of carbonyl (C=O) groups is 2. The molecule has 18 heteroatoms. The lowest BCUT2D eigenvalue weighted by molar-refractivity contribution is -0.802. The summed E-state index contributed by atoms with van der Waals surface area (Å²) in [6.07, 6.45) is -4.34. The fourth-order valence-corrected chi connectivity index (χ4v) is 1.93. The van der Waals surface area contributed by atoms with Crippen molar-refractivity contribution in [2.75, 3.05) is 20.0 Å². The Morgan fingerprint density at radius 3 is 1.14 bits per heavy atom. The lowest BCUT2D eigenvalue weighted by atomic mass is 10.1. The Labute approximate surface area is 159 Å². The number of carbonyl (C=O) groups excluding carboxylic acids is 2. The lowest BCUT2D eigenvalue weighted by Crippen LogP contribution is -2.52. The van der Waals surface area contributed by atoms with Gasteiger partial charge in [0.25, 0.3) is 0 Å². The summed E-state index contributed by atoms with van der Waals surface area (Å²) in [5.41, 5.74) is -6.19. The SMILES string of the molecule is O=C([O-])CCC(COCOCC(CCC(=O)[O-])([N+](=O)[O-])[N+](=O)[O-])([N+](=O)[O-])[N+](=O)[O-]. The predicted molar refractivity (Wildman–Crippen MR) is 78.7 cm³/mol. The second kappa shape index (κ2) is 10.7. The average molecular weight is 426 g/mol. The van der Waals surface area contributed by atoms with E-state index in [1.165, 1.54) is 0 Å². The predicted octanol–water partition coefficient (Wildman–Crippen LogP) is -3.46. The Hall–Kier alpha value is -3.54. The van der Waals surface area contributed by atoms with Crippen molar-refractivity contribution in [3.63, 3.8) is 0 Å². The molecule has 0 spiro atoms. The third-order valence-electron chi connectivity index (χ3n) is 3.65. The Bertz CT molecular complexity index is 594. The van der Waals surface area contributed by atoms with Gasteiger partial charge in [-0.05, 0) is 0 Å². The van der Waals surface area contributed by atoms with Crippen LogP contribution < -0.4 is 10.2 Å². The number of carboxylic acid groups (broad SMARTS) is 2. The minimum atomic E-state index is -3.10. The number of carboxylic acids is 2. The van der Waals surface area contributed by atoms with Crippen molar-refractivity contribution in [1.82, 2.24) is 0 Å². The summed E-state index contributed by atoms with van der Waals surface area (Å²) in [5, 5.41) is 64.9. The van der Waals surface area contributed by atoms with E-state index in [0.717, 1.165) is 0 Å². The number of nitrogens with zero attached hydrogens (tertiary/aromatic N) is 4. The number of aliphatic carboxylic acids is 2. The number of ether oxygens (including phenoxy) is 2. The Kier molecular flexibility index (Phi) is 9.40. The molecule has 0 bridgehead atoms. The summed E-state index contributed by atoms with van der Waals surface area (Å²) in [5.74, 6) is -3.60. The van der Waals surface area contributed by atoms with Crippen molar-refractivity contribution in [3.8, 4) is 0 Å². The molecule has 0 fully saturated rings. The smallest absolute Gasteiger partial charge is 0.481 e. The fourth-order valence-electron chi connectivity index (χ4n) is 1.93. The molecule has 0 aliphatic heterocycles. The van der Waals surface area contributed by atoms with Gasteiger partial charge in [-0.1, -0.05) is 0 Å². The molecule has 0 aliphatic rings. The van der Waals surface area contributed by atoms with E-state index < -0.39 is 88.6 Å². The first-order valence-electron chi connectivity index (χ1n) is 7.45. The highest BCUT2D eigenvalue weighted by atomic mass is 16.7. The standard InChI is InChI=1S/C11H16N4O14/c16-8(17)1-3-10(12(20)21,13(22)23)5-28-7-29-6-11(14(24)25,15(26)27)4-2-9(18)19/h1-7H2,(H,16,17)(H,18,19)/p-2. The number of hydrogen-bond donors (Lipinski definition) is 0. The number of rotatable bonds is 16. The molecule has 0 atom stereocenters. The third kappa shape index (κ3) is 6.84. The molecule has 0 radical (unpaired) electrons. The van der Waals surface area contributed by atoms with Crippen LogP contribution in [0, 0.1) is 40.5 Å². The van der Waals surface area contributed by atoms with Gasteiger partial charge in [0.15, 0.2) is 13.2 Å². The molecule has 0 aromatic heterocycles.